The topological polar surface area (TPSA) is 63.6 Å². The molecule has 0 spiro atoms. The third-order valence-corrected chi connectivity index (χ3v) is 9.44. The molecule has 0 amide bonds. The van der Waals surface area contributed by atoms with Gasteiger partial charge in [-0.3, -0.25) is 9.80 Å². The lowest BCUT2D eigenvalue weighted by molar-refractivity contribution is 0.0229. The lowest BCUT2D eigenvalue weighted by atomic mass is 9.72. The molecule has 3 aliphatic heterocycles. The Labute approximate surface area is 258 Å². The van der Waals surface area contributed by atoms with Crippen LogP contribution in [0.15, 0.2) is 24.3 Å². The van der Waals surface area contributed by atoms with Gasteiger partial charge in [-0.05, 0) is 91.0 Å². The van der Waals surface area contributed by atoms with E-state index in [-0.39, 0.29) is 37.0 Å². The number of β-amino-alcohol motifs (C(OH)–C–C–N with tert-alkyl or cyclic N) is 1. The van der Waals surface area contributed by atoms with Gasteiger partial charge in [0, 0.05) is 38.3 Å². The zero-order chi connectivity index (χ0) is 27.7. The molecule has 3 aliphatic rings. The molecule has 0 radical (unpaired) electrons. The Morgan fingerprint density at radius 1 is 0.805 bits per heavy atom. The molecule has 3 heterocycles. The molecule has 1 fully saturated rings. The Morgan fingerprint density at radius 3 is 1.90 bits per heavy atom. The van der Waals surface area contributed by atoms with Crippen molar-refractivity contribution in [1.82, 2.24) is 9.80 Å². The summed E-state index contributed by atoms with van der Waals surface area (Å²) in [6.45, 7) is 8.08. The fourth-order valence-corrected chi connectivity index (χ4v) is 7.46. The van der Waals surface area contributed by atoms with Gasteiger partial charge in [0.2, 0.25) is 0 Å². The van der Waals surface area contributed by atoms with Crippen LogP contribution >= 0.6 is 24.8 Å². The average Bonchev–Trinajstić information content (AvgIpc) is 2.95. The molecule has 0 saturated carbocycles. The van der Waals surface area contributed by atoms with Gasteiger partial charge >= 0.3 is 0 Å². The van der Waals surface area contributed by atoms with Crippen molar-refractivity contribution in [3.63, 3.8) is 0 Å². The Hall–Kier alpha value is -1.90. The largest absolute Gasteiger partial charge is 0.493 e. The number of aliphatic hydroxyl groups is 1. The van der Waals surface area contributed by atoms with Crippen molar-refractivity contribution < 1.29 is 24.1 Å². The zero-order valence-corrected chi connectivity index (χ0v) is 27.0. The van der Waals surface area contributed by atoms with E-state index in [4.69, 9.17) is 18.9 Å². The van der Waals surface area contributed by atoms with Crippen LogP contribution < -0.4 is 18.9 Å². The summed E-state index contributed by atoms with van der Waals surface area (Å²) in [5, 5.41) is 10.4. The molecule has 5 atom stereocenters. The summed E-state index contributed by atoms with van der Waals surface area (Å²) in [6.07, 6.45) is 5.00. The molecule has 7 nitrogen and oxygen atoms in total. The van der Waals surface area contributed by atoms with Gasteiger partial charge in [-0.15, -0.1) is 24.8 Å². The molecule has 2 aromatic rings. The highest BCUT2D eigenvalue weighted by atomic mass is 35.5. The highest BCUT2D eigenvalue weighted by Gasteiger charge is 2.41. The second-order valence-electron chi connectivity index (χ2n) is 11.6. The Morgan fingerprint density at radius 2 is 1.34 bits per heavy atom. The van der Waals surface area contributed by atoms with Crippen LogP contribution in [0.4, 0.5) is 0 Å². The molecule has 2 aromatic carbocycles. The predicted molar refractivity (Wildman–Crippen MR) is 168 cm³/mol. The van der Waals surface area contributed by atoms with Gasteiger partial charge < -0.3 is 24.1 Å². The van der Waals surface area contributed by atoms with Crippen LogP contribution in [-0.4, -0.2) is 75.6 Å². The summed E-state index contributed by atoms with van der Waals surface area (Å²) in [4.78, 5) is 5.20. The number of ether oxygens (including phenoxy) is 4. The van der Waals surface area contributed by atoms with E-state index in [1.165, 1.54) is 28.7 Å². The van der Waals surface area contributed by atoms with Gasteiger partial charge in [-0.25, -0.2) is 0 Å². The molecule has 1 N–H and O–H groups in total. The summed E-state index contributed by atoms with van der Waals surface area (Å²) >= 11 is 0. The minimum Gasteiger partial charge on any atom is -0.493 e. The first-order valence-electron chi connectivity index (χ1n) is 14.6. The van der Waals surface area contributed by atoms with Gasteiger partial charge in [-0.1, -0.05) is 13.3 Å². The van der Waals surface area contributed by atoms with E-state index in [0.717, 1.165) is 68.3 Å². The molecule has 41 heavy (non-hydrogen) atoms. The van der Waals surface area contributed by atoms with Gasteiger partial charge in [0.15, 0.2) is 23.0 Å². The number of nitrogens with zero attached hydrogens (tertiary/aromatic N) is 2. The maximum absolute atomic E-state index is 10.4. The fourth-order valence-electron chi connectivity index (χ4n) is 7.46. The van der Waals surface area contributed by atoms with Crippen LogP contribution in [0.2, 0.25) is 0 Å². The fraction of sp³-hybridized carbons (Fsp3) is 0.625. The molecule has 0 aliphatic carbocycles. The van der Waals surface area contributed by atoms with Crippen LogP contribution in [-0.2, 0) is 12.8 Å². The first-order valence-corrected chi connectivity index (χ1v) is 14.6. The molecule has 0 aromatic heterocycles. The number of aliphatic hydroxyl groups excluding tert-OH is 1. The van der Waals surface area contributed by atoms with Crippen LogP contribution in [0.25, 0.3) is 0 Å². The van der Waals surface area contributed by atoms with E-state index >= 15 is 0 Å². The summed E-state index contributed by atoms with van der Waals surface area (Å²) in [5.41, 5.74) is 5.45. The molecule has 1 saturated heterocycles. The maximum atomic E-state index is 10.4. The smallest absolute Gasteiger partial charge is 0.161 e. The van der Waals surface area contributed by atoms with E-state index in [9.17, 15) is 5.11 Å². The second-order valence-corrected chi connectivity index (χ2v) is 11.6. The average molecular weight is 612 g/mol. The lowest BCUT2D eigenvalue weighted by Crippen LogP contribution is -2.47. The van der Waals surface area contributed by atoms with Gasteiger partial charge in [0.05, 0.1) is 34.5 Å². The monoisotopic (exact) mass is 610 g/mol. The van der Waals surface area contributed by atoms with Crippen LogP contribution in [0.1, 0.15) is 67.4 Å². The number of halogens is 2. The first kappa shape index (κ1) is 33.6. The minimum absolute atomic E-state index is 0. The summed E-state index contributed by atoms with van der Waals surface area (Å²) in [5.74, 6) is 4.42. The number of hydrogen-bond acceptors (Lipinski definition) is 7. The highest BCUT2D eigenvalue weighted by molar-refractivity contribution is 5.85. The Kier molecular flexibility index (Phi) is 11.9. The molecular formula is C32H48Cl2N2O5. The van der Waals surface area contributed by atoms with Gasteiger partial charge in [-0.2, -0.15) is 0 Å². The number of hydrogen-bond donors (Lipinski definition) is 1. The van der Waals surface area contributed by atoms with Crippen molar-refractivity contribution in [2.75, 3.05) is 54.6 Å². The molecule has 9 heteroatoms. The summed E-state index contributed by atoms with van der Waals surface area (Å²) < 4.78 is 22.7. The van der Waals surface area contributed by atoms with Crippen molar-refractivity contribution in [1.29, 1.82) is 0 Å². The first-order chi connectivity index (χ1) is 18.9. The molecule has 5 rings (SSSR count). The number of rotatable bonds is 9. The number of benzene rings is 2. The SMILES string of the molecule is CCC1CN2CCc3cc(OC)c(OC)cc3C2CC1CC1c2cc(OC)c(OC)cc2CCN1CC(C)O.Cl.Cl. The van der Waals surface area contributed by atoms with Gasteiger partial charge in [0.25, 0.3) is 0 Å². The number of piperidine rings is 1. The predicted octanol–water partition coefficient (Wildman–Crippen LogP) is 5.88. The van der Waals surface area contributed by atoms with Crippen LogP contribution in [0, 0.1) is 11.8 Å². The Balaban J connectivity index is 0.00000231. The van der Waals surface area contributed by atoms with E-state index in [2.05, 4.69) is 41.0 Å². The van der Waals surface area contributed by atoms with Crippen molar-refractivity contribution >= 4 is 24.8 Å². The molecule has 5 unspecified atom stereocenters. The Bertz CT molecular complexity index is 1160. The van der Waals surface area contributed by atoms with Crippen molar-refractivity contribution in [3.8, 4) is 23.0 Å². The number of methoxy groups -OCH3 is 4. The van der Waals surface area contributed by atoms with E-state index in [1.54, 1.807) is 28.4 Å². The molecule has 0 bridgehead atoms. The number of fused-ring (bicyclic) bond motifs is 4. The van der Waals surface area contributed by atoms with E-state index in [0.29, 0.717) is 24.4 Å². The minimum atomic E-state index is -0.370. The molecular weight excluding hydrogens is 563 g/mol. The lowest BCUT2D eigenvalue weighted by Gasteiger charge is -2.49. The van der Waals surface area contributed by atoms with E-state index < -0.39 is 0 Å². The van der Waals surface area contributed by atoms with Crippen molar-refractivity contribution in [3.05, 3.63) is 46.5 Å². The van der Waals surface area contributed by atoms with Gasteiger partial charge in [0.1, 0.15) is 0 Å². The summed E-state index contributed by atoms with van der Waals surface area (Å²) in [6, 6.07) is 9.39. The zero-order valence-electron chi connectivity index (χ0n) is 25.4. The standard InChI is InChI=1S/C32H46N2O5.2ClH/c1-7-21-19-34-11-9-23-15-30(37-4)32(39-6)17-26(23)28(34)13-24(21)12-27-25-16-31(38-5)29(36-3)14-22(25)8-10-33(27)18-20(2)35;;/h14-17,20-21,24,27-28,35H,7-13,18-19H2,1-6H3;2*1H. The third kappa shape index (κ3) is 6.70. The van der Waals surface area contributed by atoms with Crippen molar-refractivity contribution in [2.24, 2.45) is 11.8 Å². The van der Waals surface area contributed by atoms with Crippen molar-refractivity contribution in [2.45, 2.75) is 64.1 Å². The van der Waals surface area contributed by atoms with Crippen LogP contribution in [0.5, 0.6) is 23.0 Å². The maximum Gasteiger partial charge on any atom is 0.161 e. The highest BCUT2D eigenvalue weighted by Crippen LogP contribution is 2.49. The second kappa shape index (κ2) is 14.5. The van der Waals surface area contributed by atoms with Crippen LogP contribution in [0.3, 0.4) is 0 Å². The normalized spacial score (nSPS) is 24.5. The molecule has 230 valence electrons. The quantitative estimate of drug-likeness (QED) is 0.380. The van der Waals surface area contributed by atoms with E-state index in [1.807, 2.05) is 6.92 Å². The third-order valence-electron chi connectivity index (χ3n) is 9.44. The summed E-state index contributed by atoms with van der Waals surface area (Å²) in [7, 11) is 6.86.